The number of halogens is 1. The number of nitrogens with zero attached hydrogens (tertiary/aromatic N) is 4. The van der Waals surface area contributed by atoms with Gasteiger partial charge in [0.2, 0.25) is 0 Å². The molecule has 0 saturated carbocycles. The first-order chi connectivity index (χ1) is 12.9. The van der Waals surface area contributed by atoms with Gasteiger partial charge in [-0.2, -0.15) is 0 Å². The van der Waals surface area contributed by atoms with Crippen LogP contribution in [0.1, 0.15) is 22.2 Å². The van der Waals surface area contributed by atoms with Gasteiger partial charge in [-0.05, 0) is 30.5 Å². The summed E-state index contributed by atoms with van der Waals surface area (Å²) in [6, 6.07) is 6.66. The van der Waals surface area contributed by atoms with E-state index in [-0.39, 0.29) is 17.9 Å². The van der Waals surface area contributed by atoms with Crippen LogP contribution in [0, 0.1) is 24.6 Å². The van der Waals surface area contributed by atoms with Gasteiger partial charge in [-0.1, -0.05) is 12.1 Å². The summed E-state index contributed by atoms with van der Waals surface area (Å²) in [7, 11) is 3.55. The summed E-state index contributed by atoms with van der Waals surface area (Å²) in [4.78, 5) is 24.4. The lowest BCUT2D eigenvalue weighted by molar-refractivity contribution is 0.151. The summed E-state index contributed by atoms with van der Waals surface area (Å²) in [5, 5.41) is 0. The number of carbonyl (C=O) groups is 1. The molecule has 0 bridgehead atoms. The zero-order valence-electron chi connectivity index (χ0n) is 15.9. The van der Waals surface area contributed by atoms with E-state index in [1.165, 1.54) is 10.9 Å². The van der Waals surface area contributed by atoms with E-state index in [2.05, 4.69) is 16.8 Å². The standard InChI is InChI=1S/C20H25FN4OS/c1-13-18(27-12-22-13)11-24-8-15-9-25(20(26)23(2)3)19(17(15)10-24)14-5-4-6-16(21)7-14/h4-7,12,15,17,19H,8-11H2,1-3H3/t15-,17-,19+/m1/s1. The number of hydrogen-bond acceptors (Lipinski definition) is 4. The minimum absolute atomic E-state index is 0.00325. The van der Waals surface area contributed by atoms with E-state index in [4.69, 9.17) is 0 Å². The van der Waals surface area contributed by atoms with Gasteiger partial charge in [0.1, 0.15) is 5.82 Å². The number of rotatable bonds is 3. The summed E-state index contributed by atoms with van der Waals surface area (Å²) in [5.74, 6) is 0.489. The van der Waals surface area contributed by atoms with Crippen LogP contribution in [0.2, 0.25) is 0 Å². The third-order valence-corrected chi connectivity index (χ3v) is 6.69. The zero-order valence-corrected chi connectivity index (χ0v) is 16.7. The molecule has 0 N–H and O–H groups in total. The highest BCUT2D eigenvalue weighted by Crippen LogP contribution is 2.45. The highest BCUT2D eigenvalue weighted by molar-refractivity contribution is 7.09. The molecule has 2 aliphatic rings. The van der Waals surface area contributed by atoms with Crippen molar-refractivity contribution >= 4 is 17.4 Å². The second-order valence-electron chi connectivity index (χ2n) is 7.81. The van der Waals surface area contributed by atoms with E-state index in [1.807, 2.05) is 16.5 Å². The molecule has 0 aliphatic carbocycles. The second kappa shape index (κ2) is 7.20. The van der Waals surface area contributed by atoms with Gasteiger partial charge in [-0.15, -0.1) is 11.3 Å². The van der Waals surface area contributed by atoms with Gasteiger partial charge in [0.25, 0.3) is 0 Å². The fourth-order valence-electron chi connectivity index (χ4n) is 4.52. The van der Waals surface area contributed by atoms with Crippen molar-refractivity contribution in [2.24, 2.45) is 11.8 Å². The van der Waals surface area contributed by atoms with Crippen molar-refractivity contribution in [1.82, 2.24) is 19.7 Å². The lowest BCUT2D eigenvalue weighted by atomic mass is 9.89. The minimum Gasteiger partial charge on any atom is -0.331 e. The Morgan fingerprint density at radius 3 is 2.81 bits per heavy atom. The van der Waals surface area contributed by atoms with Crippen LogP contribution in [0.15, 0.2) is 29.8 Å². The maximum atomic E-state index is 13.9. The SMILES string of the molecule is Cc1ncsc1CN1C[C@@H]2CN(C(=O)N(C)C)[C@@H](c3cccc(F)c3)[C@@H]2C1. The van der Waals surface area contributed by atoms with Crippen LogP contribution in [-0.4, -0.2) is 59.4 Å². The van der Waals surface area contributed by atoms with Crippen LogP contribution in [0.25, 0.3) is 0 Å². The van der Waals surface area contributed by atoms with E-state index in [0.29, 0.717) is 11.8 Å². The number of likely N-dealkylation sites (tertiary alicyclic amines) is 2. The number of benzene rings is 1. The van der Waals surface area contributed by atoms with Gasteiger partial charge in [-0.3, -0.25) is 4.90 Å². The van der Waals surface area contributed by atoms with Crippen LogP contribution in [0.3, 0.4) is 0 Å². The maximum Gasteiger partial charge on any atom is 0.320 e. The molecule has 3 heterocycles. The summed E-state index contributed by atoms with van der Waals surface area (Å²) in [6.45, 7) is 5.56. The van der Waals surface area contributed by atoms with Gasteiger partial charge < -0.3 is 9.80 Å². The number of urea groups is 1. The Bertz CT molecular complexity index is 839. The Morgan fingerprint density at radius 2 is 2.15 bits per heavy atom. The number of amides is 2. The Labute approximate surface area is 163 Å². The molecule has 27 heavy (non-hydrogen) atoms. The lowest BCUT2D eigenvalue weighted by Gasteiger charge is -2.31. The highest BCUT2D eigenvalue weighted by Gasteiger charge is 2.49. The molecule has 1 aromatic carbocycles. The maximum absolute atomic E-state index is 13.9. The second-order valence-corrected chi connectivity index (χ2v) is 8.75. The van der Waals surface area contributed by atoms with Crippen LogP contribution in [0.5, 0.6) is 0 Å². The molecular formula is C20H25FN4OS. The molecule has 1 aromatic heterocycles. The van der Waals surface area contributed by atoms with Gasteiger partial charge in [-0.25, -0.2) is 14.2 Å². The number of aryl methyl sites for hydroxylation is 1. The van der Waals surface area contributed by atoms with E-state index in [9.17, 15) is 9.18 Å². The molecular weight excluding hydrogens is 363 g/mol. The molecule has 2 fully saturated rings. The summed E-state index contributed by atoms with van der Waals surface area (Å²) in [5.41, 5.74) is 3.89. The monoisotopic (exact) mass is 388 g/mol. The molecule has 0 unspecified atom stereocenters. The predicted octanol–water partition coefficient (Wildman–Crippen LogP) is 3.38. The quantitative estimate of drug-likeness (QED) is 0.809. The van der Waals surface area contributed by atoms with E-state index in [1.54, 1.807) is 42.5 Å². The Balaban J connectivity index is 1.59. The van der Waals surface area contributed by atoms with Gasteiger partial charge in [0, 0.05) is 51.1 Å². The van der Waals surface area contributed by atoms with Crippen LogP contribution in [0.4, 0.5) is 9.18 Å². The molecule has 3 atom stereocenters. The summed E-state index contributed by atoms with van der Waals surface area (Å²) >= 11 is 1.70. The number of hydrogen-bond donors (Lipinski definition) is 0. The smallest absolute Gasteiger partial charge is 0.320 e. The Hall–Kier alpha value is -1.99. The fourth-order valence-corrected chi connectivity index (χ4v) is 5.34. The average molecular weight is 389 g/mol. The van der Waals surface area contributed by atoms with Crippen molar-refractivity contribution in [2.75, 3.05) is 33.7 Å². The first-order valence-corrected chi connectivity index (χ1v) is 10.2. The number of carbonyl (C=O) groups excluding carboxylic acids is 1. The van der Waals surface area contributed by atoms with Crippen molar-refractivity contribution in [3.05, 3.63) is 51.7 Å². The molecule has 2 amide bonds. The molecule has 0 spiro atoms. The predicted molar refractivity (Wildman–Crippen MR) is 104 cm³/mol. The Kier molecular flexibility index (Phi) is 4.90. The molecule has 5 nitrogen and oxygen atoms in total. The highest BCUT2D eigenvalue weighted by atomic mass is 32.1. The molecule has 0 radical (unpaired) electrons. The van der Waals surface area contributed by atoms with Crippen molar-refractivity contribution in [2.45, 2.75) is 19.5 Å². The summed E-state index contributed by atoms with van der Waals surface area (Å²) in [6.07, 6.45) is 0. The first-order valence-electron chi connectivity index (χ1n) is 9.28. The van der Waals surface area contributed by atoms with Crippen molar-refractivity contribution in [1.29, 1.82) is 0 Å². The van der Waals surface area contributed by atoms with Crippen molar-refractivity contribution in [3.8, 4) is 0 Å². The summed E-state index contributed by atoms with van der Waals surface area (Å²) < 4.78 is 13.9. The normalized spacial score (nSPS) is 25.0. The molecule has 2 saturated heterocycles. The third-order valence-electron chi connectivity index (χ3n) is 5.77. The average Bonchev–Trinajstić information content (AvgIpc) is 3.29. The van der Waals surface area contributed by atoms with Crippen LogP contribution in [-0.2, 0) is 6.54 Å². The molecule has 2 aliphatic heterocycles. The topological polar surface area (TPSA) is 39.7 Å². The van der Waals surface area contributed by atoms with Gasteiger partial charge in [0.05, 0.1) is 17.2 Å². The first kappa shape index (κ1) is 18.4. The number of fused-ring (bicyclic) bond motifs is 1. The molecule has 7 heteroatoms. The van der Waals surface area contributed by atoms with Crippen LogP contribution >= 0.6 is 11.3 Å². The lowest BCUT2D eigenvalue weighted by Crippen LogP contribution is -2.41. The van der Waals surface area contributed by atoms with Crippen molar-refractivity contribution in [3.63, 3.8) is 0 Å². The number of aromatic nitrogens is 1. The third kappa shape index (κ3) is 3.46. The Morgan fingerprint density at radius 1 is 1.33 bits per heavy atom. The fraction of sp³-hybridized carbons (Fsp3) is 0.500. The van der Waals surface area contributed by atoms with Gasteiger partial charge >= 0.3 is 6.03 Å². The van der Waals surface area contributed by atoms with E-state index >= 15 is 0 Å². The molecule has 4 rings (SSSR count). The number of thiazole rings is 1. The molecule has 144 valence electrons. The van der Waals surface area contributed by atoms with Crippen molar-refractivity contribution < 1.29 is 9.18 Å². The van der Waals surface area contributed by atoms with Gasteiger partial charge in [0.15, 0.2) is 0 Å². The largest absolute Gasteiger partial charge is 0.331 e. The van der Waals surface area contributed by atoms with Crippen LogP contribution < -0.4 is 0 Å². The zero-order chi connectivity index (χ0) is 19.1. The van der Waals surface area contributed by atoms with E-state index in [0.717, 1.165) is 37.4 Å². The minimum atomic E-state index is -0.247. The van der Waals surface area contributed by atoms with E-state index < -0.39 is 0 Å². The molecule has 2 aromatic rings.